The summed E-state index contributed by atoms with van der Waals surface area (Å²) in [5.74, 6) is 0.0599. The van der Waals surface area contributed by atoms with Gasteiger partial charge in [-0.3, -0.25) is 0 Å². The lowest BCUT2D eigenvalue weighted by Gasteiger charge is -2.28. The monoisotopic (exact) mass is 276 g/mol. The van der Waals surface area contributed by atoms with E-state index in [9.17, 15) is 4.79 Å². The van der Waals surface area contributed by atoms with Gasteiger partial charge in [-0.15, -0.1) is 0 Å². The number of cyclic esters (lactones) is 1. The van der Waals surface area contributed by atoms with Crippen molar-refractivity contribution >= 4 is 5.97 Å². The molecule has 0 spiro atoms. The second-order valence-corrected chi connectivity index (χ2v) is 6.07. The Labute approximate surface area is 118 Å². The molecule has 2 unspecified atom stereocenters. The summed E-state index contributed by atoms with van der Waals surface area (Å²) in [6, 6.07) is 2.35. The molecular weight excluding hydrogens is 256 g/mol. The number of hydrogen-bond acceptors (Lipinski definition) is 5. The number of fused-ring (bicyclic) bond motifs is 1. The first-order valence-corrected chi connectivity index (χ1v) is 7.10. The molecular formula is C15H20N2O3. The van der Waals surface area contributed by atoms with E-state index in [-0.39, 0.29) is 12.1 Å². The molecule has 2 aliphatic rings. The molecule has 0 radical (unpaired) electrons. The van der Waals surface area contributed by atoms with Gasteiger partial charge in [-0.2, -0.15) is 0 Å². The van der Waals surface area contributed by atoms with Crippen LogP contribution in [0.25, 0.3) is 0 Å². The third-order valence-electron chi connectivity index (χ3n) is 4.01. The molecule has 1 saturated heterocycles. The number of carbonyl (C=O) groups excluding carboxylic acids is 1. The summed E-state index contributed by atoms with van der Waals surface area (Å²) in [7, 11) is 0. The molecule has 0 bridgehead atoms. The molecule has 1 N–H and O–H groups in total. The van der Waals surface area contributed by atoms with Crippen molar-refractivity contribution in [1.82, 2.24) is 10.3 Å². The zero-order chi connectivity index (χ0) is 14.3. The Morgan fingerprint density at radius 3 is 2.95 bits per heavy atom. The minimum atomic E-state index is -0.604. The van der Waals surface area contributed by atoms with Gasteiger partial charge >= 0.3 is 5.97 Å². The van der Waals surface area contributed by atoms with Crippen LogP contribution in [0.5, 0.6) is 5.88 Å². The highest BCUT2D eigenvalue weighted by molar-refractivity contribution is 5.96. The molecule has 0 aromatic carbocycles. The molecule has 0 saturated carbocycles. The standard InChI is InChI=1S/C15H20N2O3/c1-9-4-5-10(8-17-9)19-13-12-11(6-7-16-13)15(2,3)20-14(12)18/h6-7,9-10,17H,4-5,8H2,1-3H3. The predicted molar refractivity (Wildman–Crippen MR) is 73.8 cm³/mol. The van der Waals surface area contributed by atoms with Gasteiger partial charge in [0, 0.05) is 24.3 Å². The first kappa shape index (κ1) is 13.4. The molecule has 2 atom stereocenters. The van der Waals surface area contributed by atoms with Crippen molar-refractivity contribution in [3.05, 3.63) is 23.4 Å². The number of esters is 1. The summed E-state index contributed by atoms with van der Waals surface area (Å²) >= 11 is 0. The summed E-state index contributed by atoms with van der Waals surface area (Å²) in [6.07, 6.45) is 3.77. The smallest absolute Gasteiger partial charge is 0.344 e. The van der Waals surface area contributed by atoms with Crippen LogP contribution in [0.1, 0.15) is 49.5 Å². The highest BCUT2D eigenvalue weighted by Gasteiger charge is 2.41. The first-order valence-electron chi connectivity index (χ1n) is 7.10. The van der Waals surface area contributed by atoms with Crippen LogP contribution in [0.2, 0.25) is 0 Å². The van der Waals surface area contributed by atoms with E-state index in [4.69, 9.17) is 9.47 Å². The SMILES string of the molecule is CC1CCC(Oc2nccc3c2C(=O)OC3(C)C)CN1. The Morgan fingerprint density at radius 2 is 2.25 bits per heavy atom. The number of hydrogen-bond donors (Lipinski definition) is 1. The summed E-state index contributed by atoms with van der Waals surface area (Å²) < 4.78 is 11.3. The number of aromatic nitrogens is 1. The zero-order valence-electron chi connectivity index (χ0n) is 12.1. The molecule has 5 nitrogen and oxygen atoms in total. The van der Waals surface area contributed by atoms with Crippen LogP contribution < -0.4 is 10.1 Å². The van der Waals surface area contributed by atoms with E-state index in [0.717, 1.165) is 24.9 Å². The fourth-order valence-corrected chi connectivity index (χ4v) is 2.80. The van der Waals surface area contributed by atoms with Crippen LogP contribution in [0, 0.1) is 0 Å². The van der Waals surface area contributed by atoms with Crippen molar-refractivity contribution in [1.29, 1.82) is 0 Å². The quantitative estimate of drug-likeness (QED) is 0.837. The summed E-state index contributed by atoms with van der Waals surface area (Å²) in [6.45, 7) is 6.70. The van der Waals surface area contributed by atoms with Gasteiger partial charge in [0.2, 0.25) is 5.88 Å². The van der Waals surface area contributed by atoms with Crippen LogP contribution in [0.3, 0.4) is 0 Å². The van der Waals surface area contributed by atoms with Gasteiger partial charge < -0.3 is 14.8 Å². The number of carbonyl (C=O) groups is 1. The van der Waals surface area contributed by atoms with Crippen LogP contribution >= 0.6 is 0 Å². The molecule has 108 valence electrons. The maximum atomic E-state index is 12.0. The number of ether oxygens (including phenoxy) is 2. The summed E-state index contributed by atoms with van der Waals surface area (Å²) in [5.41, 5.74) is 0.730. The Morgan fingerprint density at radius 1 is 1.45 bits per heavy atom. The van der Waals surface area contributed by atoms with Crippen molar-refractivity contribution in [3.63, 3.8) is 0 Å². The van der Waals surface area contributed by atoms with Gasteiger partial charge in [-0.25, -0.2) is 9.78 Å². The van der Waals surface area contributed by atoms with Crippen molar-refractivity contribution in [3.8, 4) is 5.88 Å². The average Bonchev–Trinajstić information content (AvgIpc) is 2.64. The number of nitrogens with one attached hydrogen (secondary N) is 1. The zero-order valence-corrected chi connectivity index (χ0v) is 12.1. The molecule has 2 aliphatic heterocycles. The molecule has 1 aromatic heterocycles. The number of rotatable bonds is 2. The van der Waals surface area contributed by atoms with E-state index in [1.807, 2.05) is 19.9 Å². The number of pyridine rings is 1. The van der Waals surface area contributed by atoms with E-state index >= 15 is 0 Å². The Balaban J connectivity index is 1.85. The first-order chi connectivity index (χ1) is 9.47. The predicted octanol–water partition coefficient (Wildman–Crippen LogP) is 2.01. The van der Waals surface area contributed by atoms with Crippen LogP contribution in [-0.2, 0) is 10.3 Å². The minimum Gasteiger partial charge on any atom is -0.472 e. The maximum Gasteiger partial charge on any atom is 0.344 e. The van der Waals surface area contributed by atoms with E-state index < -0.39 is 5.60 Å². The van der Waals surface area contributed by atoms with Gasteiger partial charge in [0.25, 0.3) is 0 Å². The van der Waals surface area contributed by atoms with Crippen LogP contribution in [0.4, 0.5) is 0 Å². The number of piperidine rings is 1. The molecule has 1 aromatic rings. The van der Waals surface area contributed by atoms with Gasteiger partial charge in [-0.05, 0) is 39.7 Å². The fraction of sp³-hybridized carbons (Fsp3) is 0.600. The molecule has 3 heterocycles. The van der Waals surface area contributed by atoms with Crippen molar-refractivity contribution in [2.75, 3.05) is 6.54 Å². The Bertz CT molecular complexity index is 534. The van der Waals surface area contributed by atoms with Gasteiger partial charge in [0.1, 0.15) is 17.3 Å². The Kier molecular flexibility index (Phi) is 3.17. The minimum absolute atomic E-state index is 0.0571. The van der Waals surface area contributed by atoms with Gasteiger partial charge in [0.05, 0.1) is 0 Å². The summed E-state index contributed by atoms with van der Waals surface area (Å²) in [4.78, 5) is 16.3. The Hall–Kier alpha value is -1.62. The second-order valence-electron chi connectivity index (χ2n) is 6.07. The van der Waals surface area contributed by atoms with Crippen LogP contribution in [-0.4, -0.2) is 29.6 Å². The van der Waals surface area contributed by atoms with E-state index in [2.05, 4.69) is 17.2 Å². The highest BCUT2D eigenvalue weighted by atomic mass is 16.6. The van der Waals surface area contributed by atoms with Crippen LogP contribution in [0.15, 0.2) is 12.3 Å². The van der Waals surface area contributed by atoms with E-state index in [0.29, 0.717) is 17.5 Å². The molecule has 0 amide bonds. The highest BCUT2D eigenvalue weighted by Crippen LogP contribution is 2.39. The second kappa shape index (κ2) is 4.74. The van der Waals surface area contributed by atoms with Gasteiger partial charge in [0.15, 0.2) is 0 Å². The molecule has 1 fully saturated rings. The topological polar surface area (TPSA) is 60.5 Å². The fourth-order valence-electron chi connectivity index (χ4n) is 2.80. The third kappa shape index (κ3) is 2.26. The lowest BCUT2D eigenvalue weighted by atomic mass is 9.97. The molecule has 0 aliphatic carbocycles. The average molecular weight is 276 g/mol. The number of nitrogens with zero attached hydrogens (tertiary/aromatic N) is 1. The third-order valence-corrected chi connectivity index (χ3v) is 4.01. The van der Waals surface area contributed by atoms with Crippen molar-refractivity contribution in [2.45, 2.75) is 51.4 Å². The molecule has 20 heavy (non-hydrogen) atoms. The van der Waals surface area contributed by atoms with E-state index in [1.165, 1.54) is 0 Å². The van der Waals surface area contributed by atoms with Crippen molar-refractivity contribution in [2.24, 2.45) is 0 Å². The van der Waals surface area contributed by atoms with E-state index in [1.54, 1.807) is 6.20 Å². The normalized spacial score (nSPS) is 27.9. The lowest BCUT2D eigenvalue weighted by Crippen LogP contribution is -2.42. The largest absolute Gasteiger partial charge is 0.472 e. The molecule has 5 heteroatoms. The molecule has 3 rings (SSSR count). The maximum absolute atomic E-state index is 12.0. The lowest BCUT2D eigenvalue weighted by molar-refractivity contribution is 0.00935. The van der Waals surface area contributed by atoms with Gasteiger partial charge in [-0.1, -0.05) is 0 Å². The summed E-state index contributed by atoms with van der Waals surface area (Å²) in [5, 5.41) is 3.38. The van der Waals surface area contributed by atoms with Crippen molar-refractivity contribution < 1.29 is 14.3 Å².